The molecule has 13 aromatic carbocycles. The second kappa shape index (κ2) is 18.6. The lowest BCUT2D eigenvalue weighted by molar-refractivity contribution is 0.669. The Morgan fingerprint density at radius 3 is 1.32 bits per heavy atom. The zero-order valence-corrected chi connectivity index (χ0v) is 41.0. The zero-order valence-electron chi connectivity index (χ0n) is 41.0. The third-order valence-corrected chi connectivity index (χ3v) is 14.8. The number of anilines is 6. The topological polar surface area (TPSA) is 19.6 Å². The van der Waals surface area contributed by atoms with Gasteiger partial charge < -0.3 is 14.2 Å². The monoisotopic (exact) mass is 956 g/mol. The summed E-state index contributed by atoms with van der Waals surface area (Å²) >= 11 is 0. The highest BCUT2D eigenvalue weighted by atomic mass is 16.3. The molecule has 14 aromatic rings. The lowest BCUT2D eigenvalue weighted by Crippen LogP contribution is -2.11. The van der Waals surface area contributed by atoms with Crippen molar-refractivity contribution in [1.29, 1.82) is 0 Å². The first-order valence-corrected chi connectivity index (χ1v) is 25.6. The fourth-order valence-electron chi connectivity index (χ4n) is 11.1. The molecule has 14 rings (SSSR count). The van der Waals surface area contributed by atoms with Gasteiger partial charge in [0.05, 0.1) is 5.69 Å². The van der Waals surface area contributed by atoms with Crippen molar-refractivity contribution in [1.82, 2.24) is 0 Å². The van der Waals surface area contributed by atoms with E-state index in [1.807, 2.05) is 12.1 Å². The second-order valence-corrected chi connectivity index (χ2v) is 19.3. The van der Waals surface area contributed by atoms with Crippen molar-refractivity contribution in [2.75, 3.05) is 9.80 Å². The predicted octanol–water partition coefficient (Wildman–Crippen LogP) is 20.7. The summed E-state index contributed by atoms with van der Waals surface area (Å²) in [6.07, 6.45) is 0. The molecule has 1 aromatic heterocycles. The Kier molecular flexibility index (Phi) is 10.8. The van der Waals surface area contributed by atoms with Crippen molar-refractivity contribution in [3.63, 3.8) is 0 Å². The van der Waals surface area contributed by atoms with Gasteiger partial charge in [-0.2, -0.15) is 0 Å². The largest absolute Gasteiger partial charge is 0.456 e. The summed E-state index contributed by atoms with van der Waals surface area (Å²) in [5.74, 6) is 0. The summed E-state index contributed by atoms with van der Waals surface area (Å²) in [5, 5.41) is 9.38. The Morgan fingerprint density at radius 1 is 0.213 bits per heavy atom. The molecule has 3 nitrogen and oxygen atoms in total. The van der Waals surface area contributed by atoms with Gasteiger partial charge in [-0.15, -0.1) is 0 Å². The van der Waals surface area contributed by atoms with E-state index < -0.39 is 0 Å². The molecule has 0 spiro atoms. The molecule has 0 saturated heterocycles. The van der Waals surface area contributed by atoms with Gasteiger partial charge in [0.1, 0.15) is 11.2 Å². The molecule has 0 radical (unpaired) electrons. The predicted molar refractivity (Wildman–Crippen MR) is 317 cm³/mol. The van der Waals surface area contributed by atoms with Crippen LogP contribution in [-0.4, -0.2) is 0 Å². The third-order valence-electron chi connectivity index (χ3n) is 14.8. The molecule has 0 saturated carbocycles. The summed E-state index contributed by atoms with van der Waals surface area (Å²) in [4.78, 5) is 4.80. The Bertz CT molecular complexity index is 4420. The number of nitrogens with zero attached hydrogens (tertiary/aromatic N) is 2. The minimum absolute atomic E-state index is 0.889. The minimum atomic E-state index is 0.889. The van der Waals surface area contributed by atoms with E-state index in [0.717, 1.165) is 83.7 Å². The van der Waals surface area contributed by atoms with Crippen LogP contribution >= 0.6 is 0 Å². The molecular formula is C72H48N2O. The van der Waals surface area contributed by atoms with Gasteiger partial charge in [0.2, 0.25) is 0 Å². The molecule has 0 amide bonds. The van der Waals surface area contributed by atoms with Crippen LogP contribution in [0.5, 0.6) is 0 Å². The van der Waals surface area contributed by atoms with Gasteiger partial charge in [-0.1, -0.05) is 206 Å². The summed E-state index contributed by atoms with van der Waals surface area (Å²) < 4.78 is 6.39. The van der Waals surface area contributed by atoms with Crippen LogP contribution in [0.1, 0.15) is 0 Å². The van der Waals surface area contributed by atoms with Gasteiger partial charge in [-0.3, -0.25) is 0 Å². The molecule has 352 valence electrons. The molecule has 1 heterocycles. The SMILES string of the molecule is c1ccc(-c2ccc(-c3ccc(N(c4cccc(-c5cccc(N(c6ccc7ccccc7c6)c6ccc(-c7ccc8c(c7)oc7ccccc78)c7ccccc67)c5)c4)c4ccc5ccccc5c4)cc3)cc2)cc1. The van der Waals surface area contributed by atoms with E-state index in [2.05, 4.69) is 289 Å². The second-order valence-electron chi connectivity index (χ2n) is 19.3. The van der Waals surface area contributed by atoms with Crippen molar-refractivity contribution >= 4 is 88.4 Å². The molecule has 75 heavy (non-hydrogen) atoms. The molecule has 0 N–H and O–H groups in total. The number of hydrogen-bond donors (Lipinski definition) is 0. The quantitative estimate of drug-likeness (QED) is 0.136. The number of furan rings is 1. The van der Waals surface area contributed by atoms with Crippen LogP contribution in [0.15, 0.2) is 296 Å². The normalized spacial score (nSPS) is 11.5. The van der Waals surface area contributed by atoms with Gasteiger partial charge in [0, 0.05) is 44.6 Å². The number of para-hydroxylation sites is 1. The maximum Gasteiger partial charge on any atom is 0.136 e. The summed E-state index contributed by atoms with van der Waals surface area (Å²) in [7, 11) is 0. The van der Waals surface area contributed by atoms with E-state index >= 15 is 0 Å². The van der Waals surface area contributed by atoms with Crippen molar-refractivity contribution in [3.05, 3.63) is 291 Å². The zero-order chi connectivity index (χ0) is 49.7. The van der Waals surface area contributed by atoms with Crippen molar-refractivity contribution in [2.24, 2.45) is 0 Å². The average molecular weight is 957 g/mol. The number of fused-ring (bicyclic) bond motifs is 6. The Labute approximate surface area is 436 Å². The van der Waals surface area contributed by atoms with Crippen LogP contribution < -0.4 is 9.80 Å². The lowest BCUT2D eigenvalue weighted by Gasteiger charge is -2.28. The number of hydrogen-bond acceptors (Lipinski definition) is 3. The molecular weight excluding hydrogens is 909 g/mol. The summed E-state index contributed by atoms with van der Waals surface area (Å²) in [5.41, 5.74) is 17.6. The molecule has 0 fully saturated rings. The van der Waals surface area contributed by atoms with E-state index in [1.165, 1.54) is 49.2 Å². The molecule has 0 aliphatic rings. The highest BCUT2D eigenvalue weighted by Crippen LogP contribution is 2.45. The standard InChI is InChI=1S/C72H48N2O/c1-2-14-49(15-3-1)52-28-30-53(31-29-52)54-32-37-60(38-33-54)73(63-39-34-50-16-4-6-18-55(50)44-63)61-22-12-20-57(46-61)58-21-13-23-62(47-58)74(64-40-35-51-17-5-7-19-56(51)45-64)70-43-42-65(66-24-8-9-25-67(66)70)59-36-41-69-68-26-10-11-27-71(68)75-72(69)48-59/h1-48H. The maximum absolute atomic E-state index is 6.39. The van der Waals surface area contributed by atoms with E-state index in [0.29, 0.717) is 0 Å². The van der Waals surface area contributed by atoms with E-state index in [-0.39, 0.29) is 0 Å². The van der Waals surface area contributed by atoms with E-state index in [1.54, 1.807) is 0 Å². The third kappa shape index (κ3) is 8.14. The molecule has 0 bridgehead atoms. The highest BCUT2D eigenvalue weighted by Gasteiger charge is 2.21. The minimum Gasteiger partial charge on any atom is -0.456 e. The van der Waals surface area contributed by atoms with Gasteiger partial charge in [-0.25, -0.2) is 0 Å². The molecule has 0 atom stereocenters. The smallest absolute Gasteiger partial charge is 0.136 e. The van der Waals surface area contributed by atoms with Crippen LogP contribution in [0, 0.1) is 0 Å². The first-order chi connectivity index (χ1) is 37.1. The summed E-state index contributed by atoms with van der Waals surface area (Å²) in [6.45, 7) is 0. The van der Waals surface area contributed by atoms with Crippen molar-refractivity contribution in [2.45, 2.75) is 0 Å². The first-order valence-electron chi connectivity index (χ1n) is 25.6. The Balaban J connectivity index is 0.865. The van der Waals surface area contributed by atoms with Crippen LogP contribution in [0.4, 0.5) is 34.1 Å². The van der Waals surface area contributed by atoms with E-state index in [4.69, 9.17) is 4.42 Å². The van der Waals surface area contributed by atoms with Gasteiger partial charge in [0.25, 0.3) is 0 Å². The fourth-order valence-corrected chi connectivity index (χ4v) is 11.1. The number of benzene rings is 13. The average Bonchev–Trinajstić information content (AvgIpc) is 3.86. The van der Waals surface area contributed by atoms with Crippen LogP contribution in [0.25, 0.3) is 98.8 Å². The van der Waals surface area contributed by atoms with Crippen LogP contribution in [-0.2, 0) is 0 Å². The van der Waals surface area contributed by atoms with E-state index in [9.17, 15) is 0 Å². The van der Waals surface area contributed by atoms with Crippen LogP contribution in [0.3, 0.4) is 0 Å². The molecule has 0 unspecified atom stereocenters. The molecule has 3 heteroatoms. The van der Waals surface area contributed by atoms with Gasteiger partial charge >= 0.3 is 0 Å². The number of rotatable bonds is 10. The maximum atomic E-state index is 6.39. The highest BCUT2D eigenvalue weighted by molar-refractivity contribution is 6.10. The summed E-state index contributed by atoms with van der Waals surface area (Å²) in [6, 6.07) is 105. The fraction of sp³-hybridized carbons (Fsp3) is 0. The van der Waals surface area contributed by atoms with Crippen molar-refractivity contribution in [3.8, 4) is 44.5 Å². The van der Waals surface area contributed by atoms with Crippen molar-refractivity contribution < 1.29 is 4.42 Å². The lowest BCUT2D eigenvalue weighted by atomic mass is 9.95. The van der Waals surface area contributed by atoms with Gasteiger partial charge in [0.15, 0.2) is 0 Å². The van der Waals surface area contributed by atoms with Crippen LogP contribution in [0.2, 0.25) is 0 Å². The molecule has 0 aliphatic carbocycles. The Morgan fingerprint density at radius 2 is 0.667 bits per heavy atom. The first kappa shape index (κ1) is 43.8. The Hall–Kier alpha value is -9.96. The molecule has 0 aliphatic heterocycles. The van der Waals surface area contributed by atoms with Gasteiger partial charge in [-0.05, 0) is 156 Å².